The van der Waals surface area contributed by atoms with Gasteiger partial charge in [0.2, 0.25) is 0 Å². The summed E-state index contributed by atoms with van der Waals surface area (Å²) in [6.45, 7) is 4.06. The second-order valence-corrected chi connectivity index (χ2v) is 6.45. The van der Waals surface area contributed by atoms with E-state index in [-0.39, 0.29) is 6.04 Å². The van der Waals surface area contributed by atoms with E-state index in [0.29, 0.717) is 21.6 Å². The summed E-state index contributed by atoms with van der Waals surface area (Å²) in [7, 11) is 3.25. The Bertz CT molecular complexity index is 752. The van der Waals surface area contributed by atoms with Crippen LogP contribution in [0, 0.1) is 6.92 Å². The van der Waals surface area contributed by atoms with Gasteiger partial charge in [-0.3, -0.25) is 0 Å². The van der Waals surface area contributed by atoms with Crippen LogP contribution in [0.15, 0.2) is 36.4 Å². The molecule has 0 aliphatic rings. The van der Waals surface area contributed by atoms with Gasteiger partial charge in [-0.2, -0.15) is 0 Å². The summed E-state index contributed by atoms with van der Waals surface area (Å²) >= 11 is 11.6. The third kappa shape index (κ3) is 5.00. The minimum absolute atomic E-state index is 0.0562. The standard InChI is InChI=1S/C19H23ClN2O2S/c1-5-16(13-7-9-17(23-3)18(10-13)24-4)22-19(25)21-14-8-6-12(2)15(20)11-14/h6-11,16H,5H2,1-4H3,(H2,21,22,25)/t16-/m0/s1. The molecule has 0 fully saturated rings. The summed E-state index contributed by atoms with van der Waals surface area (Å²) in [4.78, 5) is 0. The molecule has 0 bridgehead atoms. The van der Waals surface area contributed by atoms with E-state index in [9.17, 15) is 0 Å². The van der Waals surface area contributed by atoms with Crippen molar-refractivity contribution in [3.63, 3.8) is 0 Å². The predicted octanol–water partition coefficient (Wildman–Crippen LogP) is 5.10. The molecule has 6 heteroatoms. The van der Waals surface area contributed by atoms with Crippen LogP contribution in [0.1, 0.15) is 30.5 Å². The molecule has 2 rings (SSSR count). The van der Waals surface area contributed by atoms with Crippen LogP contribution in [0.4, 0.5) is 5.69 Å². The second kappa shape index (κ2) is 8.92. The van der Waals surface area contributed by atoms with E-state index in [1.165, 1.54) is 0 Å². The monoisotopic (exact) mass is 378 g/mol. The van der Waals surface area contributed by atoms with Crippen molar-refractivity contribution in [3.05, 3.63) is 52.5 Å². The van der Waals surface area contributed by atoms with Crippen LogP contribution in [0.2, 0.25) is 5.02 Å². The summed E-state index contributed by atoms with van der Waals surface area (Å²) in [6, 6.07) is 11.7. The molecule has 2 aromatic carbocycles. The zero-order valence-electron chi connectivity index (χ0n) is 14.9. The van der Waals surface area contributed by atoms with Gasteiger partial charge in [-0.05, 0) is 61.0 Å². The minimum Gasteiger partial charge on any atom is -0.493 e. The highest BCUT2D eigenvalue weighted by atomic mass is 35.5. The number of methoxy groups -OCH3 is 2. The Kier molecular flexibility index (Phi) is 6.91. The molecule has 2 aromatic rings. The van der Waals surface area contributed by atoms with Crippen molar-refractivity contribution >= 4 is 34.6 Å². The number of rotatable bonds is 6. The molecular weight excluding hydrogens is 356 g/mol. The molecule has 1 atom stereocenters. The number of aryl methyl sites for hydroxylation is 1. The quantitative estimate of drug-likeness (QED) is 0.684. The fourth-order valence-corrected chi connectivity index (χ4v) is 2.93. The van der Waals surface area contributed by atoms with E-state index in [4.69, 9.17) is 33.3 Å². The molecule has 0 aliphatic carbocycles. The summed E-state index contributed by atoms with van der Waals surface area (Å²) in [5.41, 5.74) is 2.96. The van der Waals surface area contributed by atoms with Crippen LogP contribution in [0.3, 0.4) is 0 Å². The first-order valence-corrected chi connectivity index (χ1v) is 8.82. The first-order valence-electron chi connectivity index (χ1n) is 8.04. The van der Waals surface area contributed by atoms with Gasteiger partial charge in [0, 0.05) is 10.7 Å². The summed E-state index contributed by atoms with van der Waals surface area (Å²) < 4.78 is 10.7. The molecule has 0 aliphatic heterocycles. The number of ether oxygens (including phenoxy) is 2. The van der Waals surface area contributed by atoms with Crippen LogP contribution in [-0.2, 0) is 0 Å². The normalized spacial score (nSPS) is 11.6. The molecule has 0 unspecified atom stereocenters. The smallest absolute Gasteiger partial charge is 0.171 e. The molecule has 0 radical (unpaired) electrons. The molecule has 4 nitrogen and oxygen atoms in total. The minimum atomic E-state index is 0.0562. The Morgan fingerprint density at radius 3 is 2.44 bits per heavy atom. The van der Waals surface area contributed by atoms with Crippen molar-refractivity contribution in [1.82, 2.24) is 5.32 Å². The van der Waals surface area contributed by atoms with E-state index < -0.39 is 0 Å². The van der Waals surface area contributed by atoms with Crippen LogP contribution in [-0.4, -0.2) is 19.3 Å². The summed E-state index contributed by atoms with van der Waals surface area (Å²) in [5.74, 6) is 1.40. The maximum absolute atomic E-state index is 6.16. The first kappa shape index (κ1) is 19.3. The molecular formula is C19H23ClN2O2S. The number of anilines is 1. The summed E-state index contributed by atoms with van der Waals surface area (Å²) in [6.07, 6.45) is 0.867. The molecule has 134 valence electrons. The number of hydrogen-bond donors (Lipinski definition) is 2. The fraction of sp³-hybridized carbons (Fsp3) is 0.316. The van der Waals surface area contributed by atoms with Gasteiger partial charge in [0.1, 0.15) is 0 Å². The number of thiocarbonyl (C=S) groups is 1. The van der Waals surface area contributed by atoms with Crippen LogP contribution in [0.5, 0.6) is 11.5 Å². The lowest BCUT2D eigenvalue weighted by Gasteiger charge is -2.21. The lowest BCUT2D eigenvalue weighted by Crippen LogP contribution is -2.32. The third-order valence-electron chi connectivity index (χ3n) is 3.95. The average Bonchev–Trinajstić information content (AvgIpc) is 2.62. The number of halogens is 1. The van der Waals surface area contributed by atoms with E-state index in [0.717, 1.165) is 23.2 Å². The fourth-order valence-electron chi connectivity index (χ4n) is 2.49. The lowest BCUT2D eigenvalue weighted by atomic mass is 10.0. The predicted molar refractivity (Wildman–Crippen MR) is 108 cm³/mol. The Morgan fingerprint density at radius 2 is 1.84 bits per heavy atom. The molecule has 0 saturated heterocycles. The van der Waals surface area contributed by atoms with Gasteiger partial charge in [0.15, 0.2) is 16.6 Å². The SMILES string of the molecule is CC[C@H](NC(=S)Nc1ccc(C)c(Cl)c1)c1ccc(OC)c(OC)c1. The number of hydrogen-bond acceptors (Lipinski definition) is 3. The maximum Gasteiger partial charge on any atom is 0.171 e. The van der Waals surface area contributed by atoms with Gasteiger partial charge in [0.25, 0.3) is 0 Å². The Morgan fingerprint density at radius 1 is 1.12 bits per heavy atom. The van der Waals surface area contributed by atoms with Gasteiger partial charge in [0.05, 0.1) is 20.3 Å². The van der Waals surface area contributed by atoms with Crippen LogP contribution in [0.25, 0.3) is 0 Å². The summed E-state index contributed by atoms with van der Waals surface area (Å²) in [5, 5.41) is 7.76. The zero-order valence-corrected chi connectivity index (χ0v) is 16.4. The van der Waals surface area contributed by atoms with Crippen molar-refractivity contribution in [1.29, 1.82) is 0 Å². The molecule has 0 aromatic heterocycles. The van der Waals surface area contributed by atoms with Crippen molar-refractivity contribution < 1.29 is 9.47 Å². The van der Waals surface area contributed by atoms with Gasteiger partial charge in [-0.15, -0.1) is 0 Å². The topological polar surface area (TPSA) is 42.5 Å². The van der Waals surface area contributed by atoms with E-state index >= 15 is 0 Å². The lowest BCUT2D eigenvalue weighted by molar-refractivity contribution is 0.354. The molecule has 0 saturated carbocycles. The van der Waals surface area contributed by atoms with Crippen molar-refractivity contribution in [2.24, 2.45) is 0 Å². The van der Waals surface area contributed by atoms with Crippen molar-refractivity contribution in [2.75, 3.05) is 19.5 Å². The van der Waals surface area contributed by atoms with Gasteiger partial charge in [-0.1, -0.05) is 30.7 Å². The Balaban J connectivity index is 2.10. The number of benzene rings is 2. The van der Waals surface area contributed by atoms with E-state index in [1.807, 2.05) is 43.3 Å². The Hall–Kier alpha value is -1.98. The molecule has 0 heterocycles. The van der Waals surface area contributed by atoms with Crippen molar-refractivity contribution in [2.45, 2.75) is 26.3 Å². The van der Waals surface area contributed by atoms with Crippen LogP contribution < -0.4 is 20.1 Å². The maximum atomic E-state index is 6.16. The van der Waals surface area contributed by atoms with Gasteiger partial charge < -0.3 is 20.1 Å². The van der Waals surface area contributed by atoms with Crippen LogP contribution >= 0.6 is 23.8 Å². The molecule has 0 amide bonds. The third-order valence-corrected chi connectivity index (χ3v) is 4.58. The highest BCUT2D eigenvalue weighted by Crippen LogP contribution is 2.31. The van der Waals surface area contributed by atoms with Gasteiger partial charge >= 0.3 is 0 Å². The zero-order chi connectivity index (χ0) is 18.4. The van der Waals surface area contributed by atoms with Crippen molar-refractivity contribution in [3.8, 4) is 11.5 Å². The van der Waals surface area contributed by atoms with E-state index in [2.05, 4.69) is 17.6 Å². The second-order valence-electron chi connectivity index (χ2n) is 5.64. The highest BCUT2D eigenvalue weighted by Gasteiger charge is 2.14. The first-order chi connectivity index (χ1) is 12.0. The molecule has 2 N–H and O–H groups in total. The van der Waals surface area contributed by atoms with Gasteiger partial charge in [-0.25, -0.2) is 0 Å². The molecule has 0 spiro atoms. The van der Waals surface area contributed by atoms with E-state index in [1.54, 1.807) is 14.2 Å². The molecule has 25 heavy (non-hydrogen) atoms. The largest absolute Gasteiger partial charge is 0.493 e. The number of nitrogens with one attached hydrogen (secondary N) is 2. The highest BCUT2D eigenvalue weighted by molar-refractivity contribution is 7.80. The average molecular weight is 379 g/mol. The Labute approximate surface area is 159 Å².